The van der Waals surface area contributed by atoms with Crippen molar-refractivity contribution in [1.29, 1.82) is 0 Å². The van der Waals surface area contributed by atoms with E-state index in [1.54, 1.807) is 6.92 Å². The van der Waals surface area contributed by atoms with Crippen LogP contribution in [-0.2, 0) is 21.3 Å². The first kappa shape index (κ1) is 16.5. The molecule has 0 aliphatic carbocycles. The van der Waals surface area contributed by atoms with E-state index in [1.807, 2.05) is 0 Å². The number of carbonyl (C=O) groups excluding carboxylic acids is 1. The zero-order chi connectivity index (χ0) is 15.3. The second-order valence-corrected chi connectivity index (χ2v) is 4.18. The molecule has 5 nitrogen and oxygen atoms in total. The predicted molar refractivity (Wildman–Crippen MR) is 66.7 cm³/mol. The van der Waals surface area contributed by atoms with Gasteiger partial charge in [-0.1, -0.05) is 15.9 Å². The molecule has 0 spiro atoms. The summed E-state index contributed by atoms with van der Waals surface area (Å²) in [7, 11) is 0. The maximum Gasteiger partial charge on any atom is 0.574 e. The van der Waals surface area contributed by atoms with Gasteiger partial charge in [0.15, 0.2) is 5.43 Å². The van der Waals surface area contributed by atoms with Gasteiger partial charge in [-0.25, -0.2) is 0 Å². The lowest BCUT2D eigenvalue weighted by atomic mass is 10.1. The second kappa shape index (κ2) is 6.78. The Kier molecular flexibility index (Phi) is 5.61. The number of pyridine rings is 1. The number of halogens is 4. The van der Waals surface area contributed by atoms with E-state index in [2.05, 4.69) is 30.4 Å². The SMILES string of the molecule is CCOC(=O)Cc1[nH]c(OC(F)(F)F)cc(=O)c1CBr. The van der Waals surface area contributed by atoms with Gasteiger partial charge in [-0.05, 0) is 6.92 Å². The van der Waals surface area contributed by atoms with Gasteiger partial charge >= 0.3 is 12.3 Å². The van der Waals surface area contributed by atoms with Crippen molar-refractivity contribution in [3.63, 3.8) is 0 Å². The Morgan fingerprint density at radius 3 is 2.60 bits per heavy atom. The number of aromatic nitrogens is 1. The summed E-state index contributed by atoms with van der Waals surface area (Å²) >= 11 is 3.04. The Morgan fingerprint density at radius 1 is 1.45 bits per heavy atom. The van der Waals surface area contributed by atoms with E-state index < -0.39 is 23.6 Å². The van der Waals surface area contributed by atoms with Crippen molar-refractivity contribution in [2.45, 2.75) is 25.0 Å². The highest BCUT2D eigenvalue weighted by molar-refractivity contribution is 9.08. The first-order chi connectivity index (χ1) is 9.26. The fraction of sp³-hybridized carbons (Fsp3) is 0.455. The number of rotatable bonds is 5. The number of alkyl halides is 4. The van der Waals surface area contributed by atoms with Gasteiger partial charge in [0.25, 0.3) is 0 Å². The number of nitrogens with one attached hydrogen (secondary N) is 1. The van der Waals surface area contributed by atoms with Gasteiger partial charge in [0.05, 0.1) is 13.0 Å². The van der Waals surface area contributed by atoms with Crippen molar-refractivity contribution in [1.82, 2.24) is 4.98 Å². The van der Waals surface area contributed by atoms with Crippen molar-refractivity contribution < 1.29 is 27.4 Å². The summed E-state index contributed by atoms with van der Waals surface area (Å²) in [6, 6.07) is 0.679. The molecule has 0 bridgehead atoms. The number of aromatic amines is 1. The highest BCUT2D eigenvalue weighted by Gasteiger charge is 2.32. The number of esters is 1. The van der Waals surface area contributed by atoms with Crippen LogP contribution in [0.3, 0.4) is 0 Å². The number of carbonyl (C=O) groups is 1. The molecule has 1 heterocycles. The van der Waals surface area contributed by atoms with Crippen LogP contribution in [0.15, 0.2) is 10.9 Å². The standard InChI is InChI=1S/C11H11BrF3NO4/c1-2-19-10(18)3-7-6(5-12)8(17)4-9(16-7)20-11(13,14)15/h4H,2-3,5H2,1H3,(H,16,17). The van der Waals surface area contributed by atoms with Crippen molar-refractivity contribution in [3.8, 4) is 5.88 Å². The summed E-state index contributed by atoms with van der Waals surface area (Å²) in [5.41, 5.74) is -0.501. The highest BCUT2D eigenvalue weighted by atomic mass is 79.9. The minimum absolute atomic E-state index is 0.0204. The number of hydrogen-bond donors (Lipinski definition) is 1. The molecule has 0 atom stereocenters. The maximum atomic E-state index is 12.1. The van der Waals surface area contributed by atoms with Gasteiger partial charge in [0.2, 0.25) is 5.88 Å². The van der Waals surface area contributed by atoms with Crippen LogP contribution in [0.1, 0.15) is 18.2 Å². The van der Waals surface area contributed by atoms with E-state index in [9.17, 15) is 22.8 Å². The fourth-order valence-corrected chi connectivity index (χ4v) is 2.06. The quantitative estimate of drug-likeness (QED) is 0.648. The fourth-order valence-electron chi connectivity index (χ4n) is 1.45. The number of hydrogen-bond acceptors (Lipinski definition) is 4. The normalized spacial score (nSPS) is 11.2. The second-order valence-electron chi connectivity index (χ2n) is 3.62. The van der Waals surface area contributed by atoms with E-state index in [1.165, 1.54) is 0 Å². The molecular formula is C11H11BrF3NO4. The van der Waals surface area contributed by atoms with Gasteiger partial charge in [-0.2, -0.15) is 0 Å². The van der Waals surface area contributed by atoms with Gasteiger partial charge in [0, 0.05) is 22.7 Å². The minimum Gasteiger partial charge on any atom is -0.466 e. The van der Waals surface area contributed by atoms with Crippen molar-refractivity contribution >= 4 is 21.9 Å². The van der Waals surface area contributed by atoms with Crippen molar-refractivity contribution in [2.24, 2.45) is 0 Å². The van der Waals surface area contributed by atoms with Gasteiger partial charge < -0.3 is 14.5 Å². The molecule has 0 saturated carbocycles. The summed E-state index contributed by atoms with van der Waals surface area (Å²) in [6.07, 6.45) is -5.28. The molecule has 0 radical (unpaired) electrons. The molecule has 1 rings (SSSR count). The molecule has 1 aromatic rings. The van der Waals surface area contributed by atoms with Gasteiger partial charge in [0.1, 0.15) is 0 Å². The monoisotopic (exact) mass is 357 g/mol. The summed E-state index contributed by atoms with van der Waals surface area (Å²) in [5, 5.41) is 0.0867. The Bertz CT molecular complexity index is 541. The average Bonchev–Trinajstić information content (AvgIpc) is 2.26. The maximum absolute atomic E-state index is 12.1. The Balaban J connectivity index is 3.12. The number of ether oxygens (including phenoxy) is 2. The van der Waals surface area contributed by atoms with E-state index in [0.717, 1.165) is 0 Å². The summed E-state index contributed by atoms with van der Waals surface area (Å²) in [5.74, 6) is -1.43. The predicted octanol–water partition coefficient (Wildman–Crippen LogP) is 2.27. The number of H-pyrrole nitrogens is 1. The van der Waals surface area contributed by atoms with Crippen LogP contribution < -0.4 is 10.2 Å². The van der Waals surface area contributed by atoms with Crippen molar-refractivity contribution in [3.05, 3.63) is 27.5 Å². The first-order valence-corrected chi connectivity index (χ1v) is 6.61. The molecule has 0 saturated heterocycles. The van der Waals surface area contributed by atoms with Crippen LogP contribution in [0.4, 0.5) is 13.2 Å². The minimum atomic E-state index is -4.93. The molecule has 1 N–H and O–H groups in total. The molecule has 0 fully saturated rings. The van der Waals surface area contributed by atoms with Crippen LogP contribution >= 0.6 is 15.9 Å². The van der Waals surface area contributed by atoms with Crippen molar-refractivity contribution in [2.75, 3.05) is 6.61 Å². The molecule has 0 aromatic carbocycles. The summed E-state index contributed by atoms with van der Waals surface area (Å²) < 4.78 is 44.7. The molecular weight excluding hydrogens is 347 g/mol. The molecule has 0 amide bonds. The smallest absolute Gasteiger partial charge is 0.466 e. The Labute approximate surface area is 120 Å². The molecule has 0 aliphatic rings. The molecule has 9 heteroatoms. The molecule has 0 aliphatic heterocycles. The summed E-state index contributed by atoms with van der Waals surface area (Å²) in [6.45, 7) is 1.72. The third-order valence-corrected chi connectivity index (χ3v) is 2.74. The lowest BCUT2D eigenvalue weighted by Gasteiger charge is -2.12. The van der Waals surface area contributed by atoms with Crippen LogP contribution in [0.5, 0.6) is 5.88 Å². The molecule has 1 aromatic heterocycles. The van der Waals surface area contributed by atoms with Crippen LogP contribution in [0, 0.1) is 0 Å². The molecule has 0 unspecified atom stereocenters. The third-order valence-electron chi connectivity index (χ3n) is 2.18. The lowest BCUT2D eigenvalue weighted by Crippen LogP contribution is -2.22. The van der Waals surface area contributed by atoms with Crippen LogP contribution in [0.25, 0.3) is 0 Å². The Hall–Kier alpha value is -1.51. The van der Waals surface area contributed by atoms with E-state index in [4.69, 9.17) is 0 Å². The average molecular weight is 358 g/mol. The third kappa shape index (κ3) is 4.87. The molecule has 112 valence electrons. The lowest BCUT2D eigenvalue weighted by molar-refractivity contribution is -0.276. The van der Waals surface area contributed by atoms with Crippen LogP contribution in [-0.4, -0.2) is 23.9 Å². The van der Waals surface area contributed by atoms with Crippen LogP contribution in [0.2, 0.25) is 0 Å². The molecule has 20 heavy (non-hydrogen) atoms. The first-order valence-electron chi connectivity index (χ1n) is 5.49. The largest absolute Gasteiger partial charge is 0.574 e. The Morgan fingerprint density at radius 2 is 2.10 bits per heavy atom. The topological polar surface area (TPSA) is 68.4 Å². The zero-order valence-electron chi connectivity index (χ0n) is 10.3. The van der Waals surface area contributed by atoms with E-state index in [-0.39, 0.29) is 29.6 Å². The van der Waals surface area contributed by atoms with Gasteiger partial charge in [-0.3, -0.25) is 9.59 Å². The highest BCUT2D eigenvalue weighted by Crippen LogP contribution is 2.21. The summed E-state index contributed by atoms with van der Waals surface area (Å²) in [4.78, 5) is 25.3. The van der Waals surface area contributed by atoms with E-state index >= 15 is 0 Å². The van der Waals surface area contributed by atoms with E-state index in [0.29, 0.717) is 6.07 Å². The zero-order valence-corrected chi connectivity index (χ0v) is 11.9. The van der Waals surface area contributed by atoms with Gasteiger partial charge in [-0.15, -0.1) is 13.2 Å².